The van der Waals surface area contributed by atoms with Gasteiger partial charge in [-0.3, -0.25) is 4.79 Å². The first-order valence-corrected chi connectivity index (χ1v) is 9.61. The van der Waals surface area contributed by atoms with E-state index in [1.54, 1.807) is 24.3 Å². The Hall–Kier alpha value is -3.26. The van der Waals surface area contributed by atoms with E-state index in [4.69, 9.17) is 14.6 Å². The average Bonchev–Trinajstić information content (AvgIpc) is 3.01. The zero-order chi connectivity index (χ0) is 21.0. The molecule has 1 heterocycles. The number of amidine groups is 1. The van der Waals surface area contributed by atoms with Crippen molar-refractivity contribution < 1.29 is 24.2 Å². The molecule has 0 spiro atoms. The third-order valence-electron chi connectivity index (χ3n) is 4.04. The summed E-state index contributed by atoms with van der Waals surface area (Å²) in [6.45, 7) is 3.40. The van der Waals surface area contributed by atoms with Crippen molar-refractivity contribution in [2.24, 2.45) is 4.99 Å². The van der Waals surface area contributed by atoms with Crippen LogP contribution in [0.3, 0.4) is 0 Å². The Morgan fingerprint density at radius 2 is 2.03 bits per heavy atom. The number of hydrogen-bond acceptors (Lipinski definition) is 6. The predicted octanol–water partition coefficient (Wildman–Crippen LogP) is 3.75. The van der Waals surface area contributed by atoms with Gasteiger partial charge in [-0.1, -0.05) is 24.3 Å². The van der Waals surface area contributed by atoms with E-state index in [9.17, 15) is 9.59 Å². The lowest BCUT2D eigenvalue weighted by Gasteiger charge is -2.16. The molecule has 8 heteroatoms. The van der Waals surface area contributed by atoms with Crippen LogP contribution >= 0.6 is 11.8 Å². The number of aryl methyl sites for hydroxylation is 1. The number of carbonyl (C=O) groups excluding carboxylic acids is 1. The SMILES string of the molecule is COc1cccc(/C=C2\SC(=Nc3cccc(C)c3)NC2=O)c1O[C@H](C)C(=O)O. The summed E-state index contributed by atoms with van der Waals surface area (Å²) < 4.78 is 10.9. The maximum Gasteiger partial charge on any atom is 0.344 e. The highest BCUT2D eigenvalue weighted by atomic mass is 32.2. The number of amides is 1. The van der Waals surface area contributed by atoms with Crippen LogP contribution in [-0.4, -0.2) is 35.4 Å². The van der Waals surface area contributed by atoms with Crippen LogP contribution in [0.4, 0.5) is 5.69 Å². The number of aliphatic carboxylic acids is 1. The lowest BCUT2D eigenvalue weighted by Crippen LogP contribution is -2.23. The van der Waals surface area contributed by atoms with Gasteiger partial charge in [0.05, 0.1) is 17.7 Å². The molecule has 2 N–H and O–H groups in total. The standard InChI is InChI=1S/C21H20N2O5S/c1-12-6-4-8-15(10-12)22-21-23-19(24)17(29-21)11-14-7-5-9-16(27-3)18(14)28-13(2)20(25)26/h4-11,13H,1-3H3,(H,25,26)(H,22,23,24)/b17-11-/t13-/m1/s1. The number of methoxy groups -OCH3 is 1. The highest BCUT2D eigenvalue weighted by Gasteiger charge is 2.25. The summed E-state index contributed by atoms with van der Waals surface area (Å²) in [6, 6.07) is 12.8. The predicted molar refractivity (Wildman–Crippen MR) is 113 cm³/mol. The van der Waals surface area contributed by atoms with Crippen molar-refractivity contribution in [3.8, 4) is 11.5 Å². The number of carboxylic acid groups (broad SMARTS) is 1. The zero-order valence-electron chi connectivity index (χ0n) is 16.1. The zero-order valence-corrected chi connectivity index (χ0v) is 16.9. The third-order valence-corrected chi connectivity index (χ3v) is 4.95. The fourth-order valence-corrected chi connectivity index (χ4v) is 3.43. The van der Waals surface area contributed by atoms with Crippen molar-refractivity contribution in [1.29, 1.82) is 0 Å². The van der Waals surface area contributed by atoms with Crippen LogP contribution in [0.15, 0.2) is 52.4 Å². The lowest BCUT2D eigenvalue weighted by atomic mass is 10.1. The van der Waals surface area contributed by atoms with Gasteiger partial charge in [-0.25, -0.2) is 9.79 Å². The molecule has 0 aromatic heterocycles. The molecule has 3 rings (SSSR count). The van der Waals surface area contributed by atoms with Crippen molar-refractivity contribution in [3.05, 3.63) is 58.5 Å². The molecular formula is C21H20N2O5S. The number of rotatable bonds is 6. The maximum atomic E-state index is 12.4. The Morgan fingerprint density at radius 1 is 1.28 bits per heavy atom. The topological polar surface area (TPSA) is 97.2 Å². The molecule has 29 heavy (non-hydrogen) atoms. The summed E-state index contributed by atoms with van der Waals surface area (Å²) in [4.78, 5) is 28.5. The third kappa shape index (κ3) is 4.97. The second-order valence-corrected chi connectivity index (χ2v) is 7.33. The van der Waals surface area contributed by atoms with Crippen molar-refractivity contribution in [1.82, 2.24) is 5.32 Å². The first-order valence-electron chi connectivity index (χ1n) is 8.80. The normalized spacial score (nSPS) is 17.3. The second kappa shape index (κ2) is 8.83. The minimum Gasteiger partial charge on any atom is -0.493 e. The number of aliphatic imine (C=N–C) groups is 1. The van der Waals surface area contributed by atoms with Crippen molar-refractivity contribution >= 4 is 40.6 Å². The van der Waals surface area contributed by atoms with E-state index in [0.717, 1.165) is 11.3 Å². The molecule has 7 nitrogen and oxygen atoms in total. The summed E-state index contributed by atoms with van der Waals surface area (Å²) >= 11 is 1.20. The fourth-order valence-electron chi connectivity index (χ4n) is 2.60. The van der Waals surface area contributed by atoms with Crippen LogP contribution in [0.2, 0.25) is 0 Å². The number of benzene rings is 2. The number of para-hydroxylation sites is 1. The van der Waals surface area contributed by atoms with Crippen LogP contribution in [0, 0.1) is 6.92 Å². The number of ether oxygens (including phenoxy) is 2. The Kier molecular flexibility index (Phi) is 6.23. The van der Waals surface area contributed by atoms with Crippen molar-refractivity contribution in [2.45, 2.75) is 20.0 Å². The number of carboxylic acids is 1. The molecule has 0 unspecified atom stereocenters. The molecule has 150 valence electrons. The molecule has 1 fully saturated rings. The van der Waals surface area contributed by atoms with Crippen LogP contribution in [0.1, 0.15) is 18.1 Å². The van der Waals surface area contributed by atoms with Crippen molar-refractivity contribution in [2.75, 3.05) is 7.11 Å². The van der Waals surface area contributed by atoms with Gasteiger partial charge in [0.25, 0.3) is 5.91 Å². The van der Waals surface area contributed by atoms with E-state index in [1.165, 1.54) is 25.8 Å². The van der Waals surface area contributed by atoms with Gasteiger partial charge in [-0.15, -0.1) is 0 Å². The van der Waals surface area contributed by atoms with Crippen LogP contribution in [0.5, 0.6) is 11.5 Å². The number of nitrogens with one attached hydrogen (secondary N) is 1. The van der Waals surface area contributed by atoms with Crippen molar-refractivity contribution in [3.63, 3.8) is 0 Å². The molecule has 0 saturated carbocycles. The highest BCUT2D eigenvalue weighted by molar-refractivity contribution is 8.18. The Balaban J connectivity index is 1.92. The van der Waals surface area contributed by atoms with Crippen LogP contribution < -0.4 is 14.8 Å². The van der Waals surface area contributed by atoms with Crippen LogP contribution in [-0.2, 0) is 9.59 Å². The summed E-state index contributed by atoms with van der Waals surface area (Å²) in [7, 11) is 1.47. The fraction of sp³-hybridized carbons (Fsp3) is 0.190. The number of thioether (sulfide) groups is 1. The molecule has 2 aromatic rings. The molecule has 1 aliphatic heterocycles. The lowest BCUT2D eigenvalue weighted by molar-refractivity contribution is -0.144. The van der Waals surface area contributed by atoms with Gasteiger partial charge in [0.2, 0.25) is 0 Å². The number of hydrogen-bond donors (Lipinski definition) is 2. The van der Waals surface area contributed by atoms with E-state index < -0.39 is 12.1 Å². The summed E-state index contributed by atoms with van der Waals surface area (Å²) in [5.41, 5.74) is 2.35. The van der Waals surface area contributed by atoms with Gasteiger partial charge in [-0.2, -0.15) is 0 Å². The molecule has 1 saturated heterocycles. The number of nitrogens with zero attached hydrogens (tertiary/aromatic N) is 1. The Morgan fingerprint density at radius 3 is 2.72 bits per heavy atom. The highest BCUT2D eigenvalue weighted by Crippen LogP contribution is 2.36. The van der Waals surface area contributed by atoms with Gasteiger partial charge in [0.15, 0.2) is 22.8 Å². The summed E-state index contributed by atoms with van der Waals surface area (Å²) in [5, 5.41) is 12.4. The summed E-state index contributed by atoms with van der Waals surface area (Å²) in [6.07, 6.45) is 0.553. The Labute approximate surface area is 172 Å². The molecular weight excluding hydrogens is 392 g/mol. The first-order chi connectivity index (χ1) is 13.9. The van der Waals surface area contributed by atoms with E-state index in [1.807, 2.05) is 31.2 Å². The molecule has 0 radical (unpaired) electrons. The molecule has 2 aromatic carbocycles. The van der Waals surface area contributed by atoms with Crippen LogP contribution in [0.25, 0.3) is 6.08 Å². The van der Waals surface area contributed by atoms with Gasteiger partial charge in [0, 0.05) is 5.56 Å². The molecule has 1 atom stereocenters. The van der Waals surface area contributed by atoms with E-state index in [0.29, 0.717) is 21.4 Å². The largest absolute Gasteiger partial charge is 0.493 e. The Bertz CT molecular complexity index is 1020. The monoisotopic (exact) mass is 412 g/mol. The van der Waals surface area contributed by atoms with E-state index in [2.05, 4.69) is 10.3 Å². The molecule has 0 aliphatic carbocycles. The first kappa shape index (κ1) is 20.5. The van der Waals surface area contributed by atoms with Gasteiger partial charge >= 0.3 is 5.97 Å². The van der Waals surface area contributed by atoms with Gasteiger partial charge in [-0.05, 0) is 55.4 Å². The quantitative estimate of drug-likeness (QED) is 0.702. The maximum absolute atomic E-state index is 12.4. The molecule has 1 amide bonds. The van der Waals surface area contributed by atoms with E-state index in [-0.39, 0.29) is 11.7 Å². The minimum absolute atomic E-state index is 0.259. The number of carbonyl (C=O) groups is 2. The molecule has 1 aliphatic rings. The van der Waals surface area contributed by atoms with Gasteiger partial charge in [0.1, 0.15) is 0 Å². The second-order valence-electron chi connectivity index (χ2n) is 6.30. The molecule has 0 bridgehead atoms. The van der Waals surface area contributed by atoms with E-state index >= 15 is 0 Å². The smallest absolute Gasteiger partial charge is 0.344 e. The summed E-state index contributed by atoms with van der Waals surface area (Å²) in [5.74, 6) is -0.754. The minimum atomic E-state index is -1.10. The average molecular weight is 412 g/mol. The van der Waals surface area contributed by atoms with Gasteiger partial charge < -0.3 is 19.9 Å².